The van der Waals surface area contributed by atoms with Gasteiger partial charge in [0.2, 0.25) is 0 Å². The highest BCUT2D eigenvalue weighted by Crippen LogP contribution is 2.17. The fourth-order valence-corrected chi connectivity index (χ4v) is 2.85. The van der Waals surface area contributed by atoms with Crippen LogP contribution in [0, 0.1) is 5.82 Å². The highest BCUT2D eigenvalue weighted by molar-refractivity contribution is 5.23. The molecule has 0 spiro atoms. The molecule has 0 aromatic heterocycles. The van der Waals surface area contributed by atoms with Crippen molar-refractivity contribution in [2.24, 2.45) is 0 Å². The first-order valence-corrected chi connectivity index (χ1v) is 8.22. The average Bonchev–Trinajstić information content (AvgIpc) is 2.54. The first kappa shape index (κ1) is 18.1. The molecule has 0 bridgehead atoms. The van der Waals surface area contributed by atoms with Crippen LogP contribution in [0.4, 0.5) is 13.2 Å². The topological polar surface area (TPSA) is 24.5 Å². The fraction of sp³-hybridized carbons (Fsp3) is 0.647. The summed E-state index contributed by atoms with van der Waals surface area (Å²) in [5.41, 5.74) is 0. The Bertz CT molecular complexity index is 465. The molecule has 2 rings (SSSR count). The molecule has 6 heteroatoms. The maximum Gasteiger partial charge on any atom is 0.251 e. The molecule has 0 saturated carbocycles. The largest absolute Gasteiger partial charge is 0.489 e. The Hall–Kier alpha value is -1.27. The maximum atomic E-state index is 13.5. The number of halogens is 3. The Morgan fingerprint density at radius 2 is 1.96 bits per heavy atom. The standard InChI is InChI=1S/C17H25F3N2O/c1-2-13(12-23-16-6-4-3-5-15(16)18)21-14-7-9-22(10-8-14)11-17(19)20/h3-6,13-14,17,21H,2,7-12H2,1H3. The van der Waals surface area contributed by atoms with Gasteiger partial charge in [0.15, 0.2) is 11.6 Å². The van der Waals surface area contributed by atoms with Crippen LogP contribution < -0.4 is 10.1 Å². The molecule has 0 amide bonds. The third kappa shape index (κ3) is 6.03. The first-order chi connectivity index (χ1) is 11.1. The monoisotopic (exact) mass is 330 g/mol. The second-order valence-electron chi connectivity index (χ2n) is 5.98. The van der Waals surface area contributed by atoms with Crippen molar-refractivity contribution in [2.75, 3.05) is 26.2 Å². The second-order valence-corrected chi connectivity index (χ2v) is 5.98. The van der Waals surface area contributed by atoms with Crippen LogP contribution in [0.1, 0.15) is 26.2 Å². The van der Waals surface area contributed by atoms with Gasteiger partial charge in [-0.2, -0.15) is 0 Å². The van der Waals surface area contributed by atoms with Crippen LogP contribution in [0.3, 0.4) is 0 Å². The quantitative estimate of drug-likeness (QED) is 0.791. The summed E-state index contributed by atoms with van der Waals surface area (Å²) in [6.07, 6.45) is 0.300. The summed E-state index contributed by atoms with van der Waals surface area (Å²) in [7, 11) is 0. The molecule has 1 heterocycles. The number of ether oxygens (including phenoxy) is 1. The predicted molar refractivity (Wildman–Crippen MR) is 84.6 cm³/mol. The van der Waals surface area contributed by atoms with Crippen molar-refractivity contribution in [1.82, 2.24) is 10.2 Å². The van der Waals surface area contributed by atoms with Gasteiger partial charge in [0.25, 0.3) is 6.43 Å². The van der Waals surface area contributed by atoms with E-state index in [0.717, 1.165) is 19.3 Å². The summed E-state index contributed by atoms with van der Waals surface area (Å²) in [4.78, 5) is 1.81. The average molecular weight is 330 g/mol. The zero-order valence-electron chi connectivity index (χ0n) is 13.5. The molecule has 1 aromatic rings. The van der Waals surface area contributed by atoms with E-state index in [0.29, 0.717) is 25.7 Å². The smallest absolute Gasteiger partial charge is 0.251 e. The Labute approximate surface area is 135 Å². The van der Waals surface area contributed by atoms with Gasteiger partial charge in [-0.25, -0.2) is 13.2 Å². The molecule has 1 N–H and O–H groups in total. The number of nitrogens with zero attached hydrogens (tertiary/aromatic N) is 1. The Kier molecular flexibility index (Phi) is 7.17. The van der Waals surface area contributed by atoms with Gasteiger partial charge in [0.1, 0.15) is 6.61 Å². The van der Waals surface area contributed by atoms with Crippen molar-refractivity contribution < 1.29 is 17.9 Å². The third-order valence-corrected chi connectivity index (χ3v) is 4.22. The summed E-state index contributed by atoms with van der Waals surface area (Å²) in [6.45, 7) is 3.68. The van der Waals surface area contributed by atoms with Crippen molar-refractivity contribution in [3.63, 3.8) is 0 Å². The van der Waals surface area contributed by atoms with Gasteiger partial charge in [-0.1, -0.05) is 19.1 Å². The van der Waals surface area contributed by atoms with Crippen molar-refractivity contribution in [1.29, 1.82) is 0 Å². The number of likely N-dealkylation sites (tertiary alicyclic amines) is 1. The van der Waals surface area contributed by atoms with Crippen LogP contribution >= 0.6 is 0 Å². The van der Waals surface area contributed by atoms with E-state index in [4.69, 9.17) is 4.74 Å². The molecular weight excluding hydrogens is 305 g/mol. The summed E-state index contributed by atoms with van der Waals surface area (Å²) in [5.74, 6) is -0.0952. The minimum atomic E-state index is -2.27. The molecule has 1 atom stereocenters. The molecular formula is C17H25F3N2O. The second kappa shape index (κ2) is 9.13. The molecule has 1 aliphatic rings. The SMILES string of the molecule is CCC(COc1ccccc1F)NC1CCN(CC(F)F)CC1. The normalized spacial score (nSPS) is 18.3. The van der Waals surface area contributed by atoms with Gasteiger partial charge >= 0.3 is 0 Å². The lowest BCUT2D eigenvalue weighted by molar-refractivity contribution is 0.0710. The van der Waals surface area contributed by atoms with E-state index in [1.54, 1.807) is 23.1 Å². The molecule has 1 unspecified atom stereocenters. The lowest BCUT2D eigenvalue weighted by Crippen LogP contribution is -2.48. The minimum Gasteiger partial charge on any atom is -0.489 e. The molecule has 1 fully saturated rings. The summed E-state index contributed by atoms with van der Waals surface area (Å²) < 4.78 is 43.8. The molecule has 0 radical (unpaired) electrons. The van der Waals surface area contributed by atoms with E-state index in [1.165, 1.54) is 6.07 Å². The van der Waals surface area contributed by atoms with Crippen LogP contribution in [0.2, 0.25) is 0 Å². The number of alkyl halides is 2. The highest BCUT2D eigenvalue weighted by atomic mass is 19.3. The number of nitrogens with one attached hydrogen (secondary N) is 1. The van der Waals surface area contributed by atoms with Crippen LogP contribution in [-0.4, -0.2) is 49.7 Å². The predicted octanol–water partition coefficient (Wildman–Crippen LogP) is 3.30. The van der Waals surface area contributed by atoms with Gasteiger partial charge in [-0.15, -0.1) is 0 Å². The van der Waals surface area contributed by atoms with Crippen LogP contribution in [-0.2, 0) is 0 Å². The van der Waals surface area contributed by atoms with Gasteiger partial charge in [0, 0.05) is 12.1 Å². The van der Waals surface area contributed by atoms with E-state index in [2.05, 4.69) is 5.32 Å². The highest BCUT2D eigenvalue weighted by Gasteiger charge is 2.23. The van der Waals surface area contributed by atoms with E-state index in [-0.39, 0.29) is 24.2 Å². The number of benzene rings is 1. The van der Waals surface area contributed by atoms with Gasteiger partial charge in [-0.05, 0) is 44.5 Å². The van der Waals surface area contributed by atoms with Crippen molar-refractivity contribution in [2.45, 2.75) is 44.7 Å². The minimum absolute atomic E-state index is 0.126. The van der Waals surface area contributed by atoms with Crippen LogP contribution in [0.15, 0.2) is 24.3 Å². The van der Waals surface area contributed by atoms with E-state index >= 15 is 0 Å². The number of rotatable bonds is 8. The lowest BCUT2D eigenvalue weighted by atomic mass is 10.0. The van der Waals surface area contributed by atoms with E-state index in [1.807, 2.05) is 6.92 Å². The van der Waals surface area contributed by atoms with Gasteiger partial charge < -0.3 is 10.1 Å². The molecule has 130 valence electrons. The van der Waals surface area contributed by atoms with Gasteiger partial charge in [-0.3, -0.25) is 4.90 Å². The zero-order chi connectivity index (χ0) is 16.7. The first-order valence-electron chi connectivity index (χ1n) is 8.22. The van der Waals surface area contributed by atoms with Gasteiger partial charge in [0.05, 0.1) is 6.54 Å². The molecule has 1 saturated heterocycles. The van der Waals surface area contributed by atoms with Crippen molar-refractivity contribution in [3.05, 3.63) is 30.1 Å². The number of para-hydroxylation sites is 1. The third-order valence-electron chi connectivity index (χ3n) is 4.22. The molecule has 23 heavy (non-hydrogen) atoms. The summed E-state index contributed by atoms with van der Waals surface area (Å²) >= 11 is 0. The maximum absolute atomic E-state index is 13.5. The summed E-state index contributed by atoms with van der Waals surface area (Å²) in [6, 6.07) is 6.79. The molecule has 3 nitrogen and oxygen atoms in total. The Morgan fingerprint density at radius 3 is 2.57 bits per heavy atom. The van der Waals surface area contributed by atoms with Crippen LogP contribution in [0.5, 0.6) is 5.75 Å². The van der Waals surface area contributed by atoms with E-state index in [9.17, 15) is 13.2 Å². The number of piperidine rings is 1. The van der Waals surface area contributed by atoms with E-state index < -0.39 is 6.43 Å². The molecule has 1 aliphatic heterocycles. The Morgan fingerprint density at radius 1 is 1.26 bits per heavy atom. The Balaban J connectivity index is 1.74. The van der Waals surface area contributed by atoms with Crippen molar-refractivity contribution >= 4 is 0 Å². The summed E-state index contributed by atoms with van der Waals surface area (Å²) in [5, 5.41) is 3.51. The van der Waals surface area contributed by atoms with Crippen molar-refractivity contribution in [3.8, 4) is 5.75 Å². The fourth-order valence-electron chi connectivity index (χ4n) is 2.85. The lowest BCUT2D eigenvalue weighted by Gasteiger charge is -2.34. The van der Waals surface area contributed by atoms with Crippen LogP contribution in [0.25, 0.3) is 0 Å². The number of hydrogen-bond donors (Lipinski definition) is 1. The molecule has 0 aliphatic carbocycles. The molecule has 1 aromatic carbocycles. The number of hydrogen-bond acceptors (Lipinski definition) is 3. The zero-order valence-corrected chi connectivity index (χ0v) is 13.5.